The monoisotopic (exact) mass is 383 g/mol. The summed E-state index contributed by atoms with van der Waals surface area (Å²) in [6, 6.07) is 11.7. The van der Waals surface area contributed by atoms with Crippen LogP contribution in [0.3, 0.4) is 0 Å². The molecular weight excluding hydrogens is 358 g/mol. The first-order chi connectivity index (χ1) is 13.0. The largest absolute Gasteiger partial charge is 0.338 e. The molecule has 0 aliphatic rings. The topological polar surface area (TPSA) is 73.2 Å². The molecule has 0 aliphatic carbocycles. The molecule has 142 valence electrons. The molecular formula is C21H25N3O2S. The molecule has 5 nitrogen and oxygen atoms in total. The van der Waals surface area contributed by atoms with Crippen LogP contribution in [0.4, 0.5) is 5.00 Å². The Labute approximate surface area is 164 Å². The highest BCUT2D eigenvalue weighted by molar-refractivity contribution is 7.18. The summed E-state index contributed by atoms with van der Waals surface area (Å²) in [5.74, 6) is -0.569. The summed E-state index contributed by atoms with van der Waals surface area (Å²) in [6.07, 6.45) is 0.646. The lowest BCUT2D eigenvalue weighted by atomic mass is 9.96. The van der Waals surface area contributed by atoms with Crippen molar-refractivity contribution in [3.8, 4) is 6.07 Å². The van der Waals surface area contributed by atoms with Crippen molar-refractivity contribution in [1.82, 2.24) is 4.90 Å². The lowest BCUT2D eigenvalue weighted by molar-refractivity contribution is -0.117. The normalized spacial score (nSPS) is 11.5. The second-order valence-corrected chi connectivity index (χ2v) is 7.23. The number of hydrogen-bond donors (Lipinski definition) is 1. The average molecular weight is 384 g/mol. The van der Waals surface area contributed by atoms with E-state index in [1.54, 1.807) is 11.8 Å². The maximum atomic E-state index is 12.8. The number of amides is 2. The van der Waals surface area contributed by atoms with Crippen LogP contribution in [0.5, 0.6) is 0 Å². The predicted octanol–water partition coefficient (Wildman–Crippen LogP) is 4.54. The molecule has 2 aromatic rings. The van der Waals surface area contributed by atoms with Gasteiger partial charge in [0, 0.05) is 13.1 Å². The summed E-state index contributed by atoms with van der Waals surface area (Å²) in [7, 11) is 0. The molecule has 1 aromatic carbocycles. The van der Waals surface area contributed by atoms with Gasteiger partial charge >= 0.3 is 0 Å². The molecule has 0 saturated carbocycles. The van der Waals surface area contributed by atoms with Gasteiger partial charge in [-0.25, -0.2) is 0 Å². The second kappa shape index (κ2) is 9.33. The minimum Gasteiger partial charge on any atom is -0.338 e. The van der Waals surface area contributed by atoms with E-state index in [4.69, 9.17) is 0 Å². The zero-order valence-electron chi connectivity index (χ0n) is 16.2. The van der Waals surface area contributed by atoms with Gasteiger partial charge in [-0.1, -0.05) is 37.3 Å². The Morgan fingerprint density at radius 3 is 2.33 bits per heavy atom. The number of benzene rings is 1. The van der Waals surface area contributed by atoms with Crippen LogP contribution < -0.4 is 5.32 Å². The number of carbonyl (C=O) groups excluding carboxylic acids is 2. The SMILES string of the molecule is CC[C@H](C(=O)Nc1sc(C(=O)N(CC)CC)c(C)c1C#N)c1ccccc1. The third kappa shape index (κ3) is 4.37. The number of nitriles is 1. The Hall–Kier alpha value is -2.65. The maximum Gasteiger partial charge on any atom is 0.264 e. The number of thiophene rings is 1. The fraction of sp³-hybridized carbons (Fsp3) is 0.381. The van der Waals surface area contributed by atoms with Crippen molar-refractivity contribution in [2.75, 3.05) is 18.4 Å². The van der Waals surface area contributed by atoms with E-state index in [9.17, 15) is 14.9 Å². The van der Waals surface area contributed by atoms with Crippen LogP contribution >= 0.6 is 11.3 Å². The Kier molecular flexibility index (Phi) is 7.14. The van der Waals surface area contributed by atoms with E-state index in [0.717, 1.165) is 5.56 Å². The molecule has 27 heavy (non-hydrogen) atoms. The maximum absolute atomic E-state index is 12.8. The van der Waals surface area contributed by atoms with Crippen LogP contribution in [0.1, 0.15) is 59.5 Å². The van der Waals surface area contributed by atoms with Crippen LogP contribution in [-0.2, 0) is 4.79 Å². The molecule has 0 saturated heterocycles. The first-order valence-electron chi connectivity index (χ1n) is 9.16. The zero-order valence-corrected chi connectivity index (χ0v) is 17.0. The van der Waals surface area contributed by atoms with Crippen molar-refractivity contribution < 1.29 is 9.59 Å². The van der Waals surface area contributed by atoms with Crippen LogP contribution in [0.15, 0.2) is 30.3 Å². The van der Waals surface area contributed by atoms with Gasteiger partial charge < -0.3 is 10.2 Å². The third-order valence-corrected chi connectivity index (χ3v) is 5.86. The van der Waals surface area contributed by atoms with E-state index in [-0.39, 0.29) is 17.7 Å². The summed E-state index contributed by atoms with van der Waals surface area (Å²) in [4.78, 5) is 27.8. The first-order valence-corrected chi connectivity index (χ1v) is 9.98. The van der Waals surface area contributed by atoms with Crippen molar-refractivity contribution in [3.05, 3.63) is 51.9 Å². The molecule has 1 atom stereocenters. The molecule has 1 N–H and O–H groups in total. The van der Waals surface area contributed by atoms with Crippen molar-refractivity contribution in [3.63, 3.8) is 0 Å². The molecule has 0 fully saturated rings. The summed E-state index contributed by atoms with van der Waals surface area (Å²) < 4.78 is 0. The van der Waals surface area contributed by atoms with Crippen molar-refractivity contribution in [2.24, 2.45) is 0 Å². The minimum atomic E-state index is -0.304. The van der Waals surface area contributed by atoms with Crippen molar-refractivity contribution in [1.29, 1.82) is 5.26 Å². The Morgan fingerprint density at radius 1 is 1.19 bits per heavy atom. The van der Waals surface area contributed by atoms with E-state index in [1.165, 1.54) is 11.3 Å². The van der Waals surface area contributed by atoms with Crippen LogP contribution in [0.25, 0.3) is 0 Å². The number of anilines is 1. The number of hydrogen-bond acceptors (Lipinski definition) is 4. The van der Waals surface area contributed by atoms with Gasteiger partial charge in [-0.05, 0) is 38.3 Å². The lowest BCUT2D eigenvalue weighted by Gasteiger charge is -2.17. The molecule has 2 amide bonds. The molecule has 1 aromatic heterocycles. The highest BCUT2D eigenvalue weighted by Crippen LogP contribution is 2.34. The van der Waals surface area contributed by atoms with Crippen LogP contribution in [0.2, 0.25) is 0 Å². The molecule has 0 radical (unpaired) electrons. The van der Waals surface area contributed by atoms with E-state index in [2.05, 4.69) is 11.4 Å². The standard InChI is InChI=1S/C21H25N3O2S/c1-5-16(15-11-9-8-10-12-15)19(25)23-20-17(13-22)14(4)18(27-20)21(26)24(6-2)7-3/h8-12,16H,5-7H2,1-4H3,(H,23,25)/t16-/m0/s1. The van der Waals surface area contributed by atoms with E-state index in [1.807, 2.05) is 51.1 Å². The number of nitrogens with one attached hydrogen (secondary N) is 1. The van der Waals surface area contributed by atoms with Gasteiger partial charge in [-0.2, -0.15) is 5.26 Å². The average Bonchev–Trinajstić information content (AvgIpc) is 2.99. The summed E-state index contributed by atoms with van der Waals surface area (Å²) in [6.45, 7) is 8.76. The second-order valence-electron chi connectivity index (χ2n) is 6.21. The fourth-order valence-electron chi connectivity index (χ4n) is 3.05. The molecule has 2 rings (SSSR count). The Balaban J connectivity index is 2.33. The van der Waals surface area contributed by atoms with Crippen LogP contribution in [-0.4, -0.2) is 29.8 Å². The van der Waals surface area contributed by atoms with Gasteiger partial charge in [-0.3, -0.25) is 9.59 Å². The Morgan fingerprint density at radius 2 is 1.81 bits per heavy atom. The van der Waals surface area contributed by atoms with Crippen LogP contribution in [0, 0.1) is 18.3 Å². The molecule has 0 bridgehead atoms. The van der Waals surface area contributed by atoms with Crippen molar-refractivity contribution in [2.45, 2.75) is 40.0 Å². The van der Waals surface area contributed by atoms with E-state index >= 15 is 0 Å². The predicted molar refractivity (Wildman–Crippen MR) is 109 cm³/mol. The highest BCUT2D eigenvalue weighted by atomic mass is 32.1. The highest BCUT2D eigenvalue weighted by Gasteiger charge is 2.26. The fourth-order valence-corrected chi connectivity index (χ4v) is 4.18. The lowest BCUT2D eigenvalue weighted by Crippen LogP contribution is -2.30. The molecule has 6 heteroatoms. The van der Waals surface area contributed by atoms with Gasteiger partial charge in [0.05, 0.1) is 16.4 Å². The smallest absolute Gasteiger partial charge is 0.264 e. The summed E-state index contributed by atoms with van der Waals surface area (Å²) in [5, 5.41) is 12.9. The summed E-state index contributed by atoms with van der Waals surface area (Å²) in [5.41, 5.74) is 1.93. The molecule has 0 unspecified atom stereocenters. The van der Waals surface area contributed by atoms with Gasteiger partial charge in [0.1, 0.15) is 11.1 Å². The number of carbonyl (C=O) groups is 2. The quantitative estimate of drug-likeness (QED) is 0.763. The molecule has 0 aliphatic heterocycles. The van der Waals surface area contributed by atoms with Crippen molar-refractivity contribution >= 4 is 28.2 Å². The minimum absolute atomic E-state index is 0.102. The van der Waals surface area contributed by atoms with E-state index in [0.29, 0.717) is 40.5 Å². The van der Waals surface area contributed by atoms with E-state index < -0.39 is 0 Å². The Bertz CT molecular complexity index is 848. The van der Waals surface area contributed by atoms with Gasteiger partial charge in [0.2, 0.25) is 5.91 Å². The first kappa shape index (κ1) is 20.7. The van der Waals surface area contributed by atoms with Gasteiger partial charge in [0.15, 0.2) is 0 Å². The summed E-state index contributed by atoms with van der Waals surface area (Å²) >= 11 is 1.18. The van der Waals surface area contributed by atoms with Gasteiger partial charge in [0.25, 0.3) is 5.91 Å². The molecule has 1 heterocycles. The number of nitrogens with zero attached hydrogens (tertiary/aromatic N) is 2. The number of rotatable bonds is 7. The van der Waals surface area contributed by atoms with Gasteiger partial charge in [-0.15, -0.1) is 11.3 Å². The molecule has 0 spiro atoms. The zero-order chi connectivity index (χ0) is 20.0. The third-order valence-electron chi connectivity index (χ3n) is 4.67.